The van der Waals surface area contributed by atoms with Gasteiger partial charge in [0.05, 0.1) is 0 Å². The summed E-state index contributed by atoms with van der Waals surface area (Å²) in [6.45, 7) is 2.35. The van der Waals surface area contributed by atoms with E-state index in [-0.39, 0.29) is 38.5 Å². The van der Waals surface area contributed by atoms with Gasteiger partial charge in [-0.3, -0.25) is 0 Å². The summed E-state index contributed by atoms with van der Waals surface area (Å²) in [6.07, 6.45) is 0. The Kier molecular flexibility index (Phi) is 5.66. The molecule has 17 heavy (non-hydrogen) atoms. The van der Waals surface area contributed by atoms with Gasteiger partial charge >= 0.3 is 32.7 Å². The van der Waals surface area contributed by atoms with Gasteiger partial charge in [-0.1, -0.05) is 37.3 Å². The minimum atomic E-state index is 0. The first kappa shape index (κ1) is 14.2. The van der Waals surface area contributed by atoms with Gasteiger partial charge in [0, 0.05) is 11.5 Å². The Morgan fingerprint density at radius 2 is 1.82 bits per heavy atom. The Hall–Kier alpha value is -0.856. The van der Waals surface area contributed by atoms with E-state index in [9.17, 15) is 5.11 Å². The van der Waals surface area contributed by atoms with Crippen molar-refractivity contribution in [1.29, 1.82) is 0 Å². The summed E-state index contributed by atoms with van der Waals surface area (Å²) in [5.74, 6) is 0.533. The van der Waals surface area contributed by atoms with Gasteiger partial charge in [-0.15, -0.1) is 12.1 Å². The molecule has 0 unspecified atom stereocenters. The molecule has 2 aromatic carbocycles. The first-order valence-corrected chi connectivity index (χ1v) is 5.14. The van der Waals surface area contributed by atoms with Crippen LogP contribution in [0.1, 0.15) is 11.1 Å². The Morgan fingerprint density at radius 1 is 1.12 bits per heavy atom. The van der Waals surface area contributed by atoms with Crippen molar-refractivity contribution < 1.29 is 42.6 Å². The molecule has 0 saturated heterocycles. The largest absolute Gasteiger partial charge is 3.00 e. The number of aromatic hydroxyl groups is 1. The normalized spacial score (nSPS) is 9.47. The zero-order valence-electron chi connectivity index (χ0n) is 9.68. The van der Waals surface area contributed by atoms with Crippen molar-refractivity contribution in [3.63, 3.8) is 0 Å². The second kappa shape index (κ2) is 6.78. The van der Waals surface area contributed by atoms with E-state index in [2.05, 4.69) is 6.07 Å². The van der Waals surface area contributed by atoms with Crippen molar-refractivity contribution in [2.75, 3.05) is 0 Å². The third kappa shape index (κ3) is 4.14. The van der Waals surface area contributed by atoms with Crippen LogP contribution in [-0.2, 0) is 39.3 Å². The fraction of sp³-hybridized carbons (Fsp3) is 0.143. The monoisotopic (exact) mass is 302 g/mol. The van der Waals surface area contributed by atoms with Gasteiger partial charge in [-0.2, -0.15) is 11.6 Å². The van der Waals surface area contributed by atoms with E-state index in [4.69, 9.17) is 4.74 Å². The molecule has 0 aliphatic rings. The van der Waals surface area contributed by atoms with E-state index >= 15 is 0 Å². The van der Waals surface area contributed by atoms with Crippen molar-refractivity contribution in [2.45, 2.75) is 13.5 Å². The van der Waals surface area contributed by atoms with Gasteiger partial charge in [0.25, 0.3) is 0 Å². The fourth-order valence-corrected chi connectivity index (χ4v) is 1.40. The van der Waals surface area contributed by atoms with Crippen molar-refractivity contribution >= 4 is 0 Å². The Morgan fingerprint density at radius 3 is 2.53 bits per heavy atom. The number of aryl methyl sites for hydroxylation is 1. The van der Waals surface area contributed by atoms with E-state index in [1.54, 1.807) is 12.1 Å². The number of ether oxygens (including phenoxy) is 1. The minimum Gasteiger partial charge on any atom is -0.562 e. The van der Waals surface area contributed by atoms with Crippen LogP contribution in [0.3, 0.4) is 0 Å². The number of rotatable bonds is 3. The Bertz CT molecular complexity index is 469. The van der Waals surface area contributed by atoms with Crippen molar-refractivity contribution in [3.8, 4) is 11.5 Å². The van der Waals surface area contributed by atoms with E-state index in [1.807, 2.05) is 37.3 Å². The molecule has 2 nitrogen and oxygen atoms in total. The third-order valence-corrected chi connectivity index (χ3v) is 2.26. The standard InChI is InChI=1S/C14H13O2.Y/c1-11-7-8-13(15)14(9-11)16-10-12-5-3-2-4-6-12;/h2-8,15H,10H2,1H3;/q-1;+3. The summed E-state index contributed by atoms with van der Waals surface area (Å²) in [6, 6.07) is 16.2. The van der Waals surface area contributed by atoms with Crippen LogP contribution in [0.15, 0.2) is 42.5 Å². The average molecular weight is 302 g/mol. The molecule has 0 fully saturated rings. The molecule has 0 amide bonds. The SMILES string of the molecule is Cc1[c-]c(OCc2ccccc2)c(O)cc1.[Y+3]. The van der Waals surface area contributed by atoms with Crippen LogP contribution in [-0.4, -0.2) is 5.11 Å². The van der Waals surface area contributed by atoms with Crippen LogP contribution < -0.4 is 4.74 Å². The molecule has 82 valence electrons. The molecule has 0 bridgehead atoms. The molecule has 1 N–H and O–H groups in total. The summed E-state index contributed by atoms with van der Waals surface area (Å²) in [5.41, 5.74) is 2.01. The second-order valence-corrected chi connectivity index (χ2v) is 3.63. The molecule has 3 heteroatoms. The molecule has 2 rings (SSSR count). The first-order valence-electron chi connectivity index (χ1n) is 5.14. The summed E-state index contributed by atoms with van der Waals surface area (Å²) in [5, 5.41) is 9.56. The van der Waals surface area contributed by atoms with Gasteiger partial charge in [0.15, 0.2) is 0 Å². The topological polar surface area (TPSA) is 29.5 Å². The molecule has 0 aromatic heterocycles. The maximum absolute atomic E-state index is 9.56. The maximum Gasteiger partial charge on any atom is 3.00 e. The number of phenolic OH excluding ortho intramolecular Hbond substituents is 1. The first-order chi connectivity index (χ1) is 7.75. The predicted molar refractivity (Wildman–Crippen MR) is 62.5 cm³/mol. The molecule has 0 aliphatic carbocycles. The molecule has 0 radical (unpaired) electrons. The Balaban J connectivity index is 0.00000144. The summed E-state index contributed by atoms with van der Waals surface area (Å²) >= 11 is 0. The van der Waals surface area contributed by atoms with E-state index in [0.717, 1.165) is 11.1 Å². The predicted octanol–water partition coefficient (Wildman–Crippen LogP) is 3.08. The second-order valence-electron chi connectivity index (χ2n) is 3.63. The number of benzene rings is 2. The van der Waals surface area contributed by atoms with Crippen LogP contribution in [0.4, 0.5) is 0 Å². The van der Waals surface area contributed by atoms with Crippen molar-refractivity contribution in [2.24, 2.45) is 0 Å². The fourth-order valence-electron chi connectivity index (χ4n) is 1.40. The average Bonchev–Trinajstić information content (AvgIpc) is 2.32. The van der Waals surface area contributed by atoms with Crippen molar-refractivity contribution in [1.82, 2.24) is 0 Å². The molecule has 0 saturated carbocycles. The van der Waals surface area contributed by atoms with Crippen LogP contribution in [0, 0.1) is 13.0 Å². The van der Waals surface area contributed by atoms with Gasteiger partial charge in [0.1, 0.15) is 6.61 Å². The molecule has 2 aromatic rings. The summed E-state index contributed by atoms with van der Waals surface area (Å²) < 4.78 is 5.50. The van der Waals surface area contributed by atoms with Crippen molar-refractivity contribution in [3.05, 3.63) is 59.7 Å². The molecule has 0 spiro atoms. The minimum absolute atomic E-state index is 0. The third-order valence-electron chi connectivity index (χ3n) is 2.26. The number of phenols is 1. The zero-order chi connectivity index (χ0) is 11.4. The summed E-state index contributed by atoms with van der Waals surface area (Å²) in [7, 11) is 0. The van der Waals surface area contributed by atoms with Crippen LogP contribution in [0.25, 0.3) is 0 Å². The van der Waals surface area contributed by atoms with Crippen LogP contribution in [0.5, 0.6) is 11.5 Å². The molecular formula is C14H13O2Y+2. The number of hydrogen-bond donors (Lipinski definition) is 1. The van der Waals surface area contributed by atoms with Gasteiger partial charge < -0.3 is 9.84 Å². The van der Waals surface area contributed by atoms with E-state index in [0.29, 0.717) is 12.4 Å². The zero-order valence-corrected chi connectivity index (χ0v) is 12.5. The van der Waals surface area contributed by atoms with Gasteiger partial charge in [-0.25, -0.2) is 0 Å². The van der Waals surface area contributed by atoms with E-state index in [1.165, 1.54) is 0 Å². The maximum atomic E-state index is 9.56. The Labute approximate surface area is 127 Å². The quantitative estimate of drug-likeness (QED) is 0.883. The number of hydrogen-bond acceptors (Lipinski definition) is 2. The molecule has 0 aliphatic heterocycles. The van der Waals surface area contributed by atoms with Crippen LogP contribution >= 0.6 is 0 Å². The van der Waals surface area contributed by atoms with Crippen LogP contribution in [0.2, 0.25) is 0 Å². The van der Waals surface area contributed by atoms with Gasteiger partial charge in [-0.05, 0) is 5.56 Å². The van der Waals surface area contributed by atoms with Gasteiger partial charge in [0.2, 0.25) is 0 Å². The smallest absolute Gasteiger partial charge is 0.562 e. The van der Waals surface area contributed by atoms with E-state index < -0.39 is 0 Å². The molecule has 0 atom stereocenters. The summed E-state index contributed by atoms with van der Waals surface area (Å²) in [4.78, 5) is 0. The molecule has 0 heterocycles. The molecular weight excluding hydrogens is 289 g/mol.